The van der Waals surface area contributed by atoms with Crippen LogP contribution >= 0.6 is 0 Å². The van der Waals surface area contributed by atoms with Gasteiger partial charge in [-0.05, 0) is 111 Å². The molecule has 7 fully saturated rings. The molecule has 8 aliphatic rings. The number of allylic oxidation sites excluding steroid dienone is 2. The molecular weight excluding hydrogens is 1010 g/mol. The highest BCUT2D eigenvalue weighted by Crippen LogP contribution is 2.76. The summed E-state index contributed by atoms with van der Waals surface area (Å²) >= 11 is 0. The van der Waals surface area contributed by atoms with E-state index in [1.807, 2.05) is 6.92 Å². The fourth-order valence-corrected chi connectivity index (χ4v) is 16.7. The predicted octanol–water partition coefficient (Wildman–Crippen LogP) is 4.00. The summed E-state index contributed by atoms with van der Waals surface area (Å²) in [5.41, 5.74) is -2.78. The molecule has 446 valence electrons. The standard InChI is InChI=1S/C59H97NO18/c1-9-10-11-12-13-14-15-16-17-18-41(66)60-42-36(29-61)75-52(49(44(42)68)77-51-47(71)45(69)48(32(2)74-51)76-50-46(70)43(67)35(63)30-73-50)78-53(72)59-26-25-54(3,4)27-34(59)33-19-20-38-55(5)23-22-39(64)56(6,31-62)37(55)21-24-57(38,7)58(33,8)28-40(59)65/h19,31-32,34-40,42-52,61,63-65,67-71H,9-18,20-30H2,1-8H3,(H,60,66)/t32?,34?,35-,36?,37-,38?,39+,40+,42+,43?,44?,45?,46?,47?,48+,49?,50+,51+,52+,55?,56?,57?,58?,59-/m1/s1. The molecule has 78 heavy (non-hydrogen) atoms. The minimum Gasteiger partial charge on any atom is -0.432 e. The van der Waals surface area contributed by atoms with Crippen LogP contribution in [0.15, 0.2) is 11.6 Å². The van der Waals surface area contributed by atoms with E-state index in [1.165, 1.54) is 32.6 Å². The van der Waals surface area contributed by atoms with Gasteiger partial charge in [0.2, 0.25) is 12.2 Å². The van der Waals surface area contributed by atoms with Gasteiger partial charge >= 0.3 is 5.97 Å². The topological polar surface area (TPSA) is 301 Å². The molecule has 0 aromatic carbocycles. The zero-order valence-corrected chi connectivity index (χ0v) is 47.7. The second-order valence-electron chi connectivity index (χ2n) is 26.9. The molecule has 19 nitrogen and oxygen atoms in total. The number of aliphatic hydroxyl groups is 9. The van der Waals surface area contributed by atoms with E-state index in [2.05, 4.69) is 52.9 Å². The molecule has 0 radical (unpaired) electrons. The van der Waals surface area contributed by atoms with E-state index < -0.39 is 139 Å². The van der Waals surface area contributed by atoms with Crippen molar-refractivity contribution in [3.63, 3.8) is 0 Å². The van der Waals surface area contributed by atoms with Gasteiger partial charge in [0.15, 0.2) is 18.7 Å². The van der Waals surface area contributed by atoms with Gasteiger partial charge in [-0.25, -0.2) is 0 Å². The van der Waals surface area contributed by atoms with Gasteiger partial charge in [-0.3, -0.25) is 9.59 Å². The molecule has 5 aliphatic carbocycles. The minimum absolute atomic E-state index is 0.0344. The molecule has 8 rings (SSSR count). The van der Waals surface area contributed by atoms with E-state index in [0.29, 0.717) is 32.1 Å². The number of esters is 1. The third kappa shape index (κ3) is 11.1. The quantitative estimate of drug-likeness (QED) is 0.0378. The Morgan fingerprint density at radius 1 is 0.718 bits per heavy atom. The van der Waals surface area contributed by atoms with E-state index in [1.54, 1.807) is 0 Å². The molecule has 19 heteroatoms. The molecular formula is C59H97NO18. The maximum absolute atomic E-state index is 15.7. The average molecular weight is 1110 g/mol. The van der Waals surface area contributed by atoms with Crippen molar-refractivity contribution in [2.24, 2.45) is 50.2 Å². The van der Waals surface area contributed by atoms with Gasteiger partial charge in [-0.1, -0.05) is 111 Å². The zero-order valence-electron chi connectivity index (χ0n) is 47.7. The second kappa shape index (κ2) is 24.2. The molecule has 1 amide bonds. The van der Waals surface area contributed by atoms with Crippen molar-refractivity contribution in [2.75, 3.05) is 13.2 Å². The van der Waals surface area contributed by atoms with Gasteiger partial charge in [-0.2, -0.15) is 0 Å². The number of ether oxygens (including phenoxy) is 6. The van der Waals surface area contributed by atoms with Gasteiger partial charge in [0, 0.05) is 6.42 Å². The summed E-state index contributed by atoms with van der Waals surface area (Å²) < 4.78 is 36.5. The summed E-state index contributed by atoms with van der Waals surface area (Å²) in [5.74, 6) is -1.64. The van der Waals surface area contributed by atoms with Crippen molar-refractivity contribution in [3.05, 3.63) is 11.6 Å². The maximum atomic E-state index is 15.7. The smallest absolute Gasteiger partial charge is 0.317 e. The lowest BCUT2D eigenvalue weighted by Crippen LogP contribution is -2.69. The van der Waals surface area contributed by atoms with Gasteiger partial charge < -0.3 is 84.5 Å². The zero-order chi connectivity index (χ0) is 56.9. The van der Waals surface area contributed by atoms with E-state index in [9.17, 15) is 55.5 Å². The van der Waals surface area contributed by atoms with Crippen molar-refractivity contribution in [3.8, 4) is 0 Å². The summed E-state index contributed by atoms with van der Waals surface area (Å²) in [7, 11) is 0. The first-order chi connectivity index (χ1) is 36.8. The Hall–Kier alpha value is -2.21. The van der Waals surface area contributed by atoms with Crippen LogP contribution in [0.3, 0.4) is 0 Å². The van der Waals surface area contributed by atoms with Gasteiger partial charge in [-0.15, -0.1) is 0 Å². The van der Waals surface area contributed by atoms with Crippen LogP contribution in [0.2, 0.25) is 0 Å². The molecule has 0 bridgehead atoms. The van der Waals surface area contributed by atoms with Crippen molar-refractivity contribution in [1.82, 2.24) is 5.32 Å². The predicted molar refractivity (Wildman–Crippen MR) is 282 cm³/mol. The average Bonchev–Trinajstić information content (AvgIpc) is 3.23. The first-order valence-corrected chi connectivity index (χ1v) is 29.7. The lowest BCUT2D eigenvalue weighted by molar-refractivity contribution is -0.370. The van der Waals surface area contributed by atoms with Crippen LogP contribution < -0.4 is 5.32 Å². The Bertz CT molecular complexity index is 2110. The number of fused-ring (bicyclic) bond motifs is 7. The van der Waals surface area contributed by atoms with Gasteiger partial charge in [0.25, 0.3) is 0 Å². The highest BCUT2D eigenvalue weighted by Gasteiger charge is 2.72. The molecule has 14 unspecified atom stereocenters. The number of unbranched alkanes of at least 4 members (excludes halogenated alkanes) is 8. The maximum Gasteiger partial charge on any atom is 0.317 e. The number of carbonyl (C=O) groups is 3. The van der Waals surface area contributed by atoms with Crippen LogP contribution in [-0.2, 0) is 42.8 Å². The second-order valence-corrected chi connectivity index (χ2v) is 26.9. The summed E-state index contributed by atoms with van der Waals surface area (Å²) in [6, 6.07) is -1.32. The molecule has 4 saturated carbocycles. The summed E-state index contributed by atoms with van der Waals surface area (Å²) in [6.45, 7) is 15.6. The van der Waals surface area contributed by atoms with Crippen LogP contribution in [0.25, 0.3) is 0 Å². The minimum atomic E-state index is -1.92. The lowest BCUT2D eigenvalue weighted by Gasteiger charge is -2.71. The van der Waals surface area contributed by atoms with Crippen molar-refractivity contribution in [1.29, 1.82) is 0 Å². The first-order valence-electron chi connectivity index (χ1n) is 29.7. The Morgan fingerprint density at radius 3 is 2.04 bits per heavy atom. The Labute approximate surface area is 461 Å². The number of hydrogen-bond donors (Lipinski definition) is 10. The molecule has 3 heterocycles. The van der Waals surface area contributed by atoms with Crippen LogP contribution in [0.4, 0.5) is 0 Å². The molecule has 0 spiro atoms. The lowest BCUT2D eigenvalue weighted by atomic mass is 9.33. The highest BCUT2D eigenvalue weighted by atomic mass is 16.8. The number of rotatable bonds is 19. The molecule has 0 aromatic heterocycles. The summed E-state index contributed by atoms with van der Waals surface area (Å²) in [6.07, 6.45) is -5.05. The molecule has 10 N–H and O–H groups in total. The summed E-state index contributed by atoms with van der Waals surface area (Å²) in [4.78, 5) is 42.1. The number of carbonyl (C=O) groups excluding carboxylic acids is 3. The van der Waals surface area contributed by atoms with E-state index in [0.717, 1.165) is 56.8 Å². The third-order valence-electron chi connectivity index (χ3n) is 21.7. The Kier molecular flexibility index (Phi) is 19.2. The number of aldehydes is 1. The van der Waals surface area contributed by atoms with E-state index in [-0.39, 0.29) is 54.0 Å². The Balaban J connectivity index is 1.06. The number of aliphatic hydroxyl groups excluding tert-OH is 9. The molecule has 24 atom stereocenters. The van der Waals surface area contributed by atoms with Gasteiger partial charge in [0.1, 0.15) is 60.5 Å². The highest BCUT2D eigenvalue weighted by molar-refractivity contribution is 5.80. The molecule has 3 saturated heterocycles. The Morgan fingerprint density at radius 2 is 1.37 bits per heavy atom. The number of amides is 1. The SMILES string of the molecule is CCCCCCCCCCCC(=O)N[C@H]1C(CO)O[C@@H](OC(=O)[C@]23CCC(C)(C)CC2C2=CCC4C5(C)CC[C@H](O)C(C)(C=O)[C@@H]5CCC4(C)C2(C)C[C@@H]3O)C(O[C@@H]2OC(C)[C@H](O[C@@H]3OC[C@@H](O)C(O)C3O)C(O)C2O)C1O. The van der Waals surface area contributed by atoms with Crippen LogP contribution in [-0.4, -0.2) is 175 Å². The number of hydrogen-bond acceptors (Lipinski definition) is 18. The largest absolute Gasteiger partial charge is 0.432 e. The van der Waals surface area contributed by atoms with E-state index in [4.69, 9.17) is 28.4 Å². The van der Waals surface area contributed by atoms with Crippen LogP contribution in [0.1, 0.15) is 177 Å². The normalized spacial score (nSPS) is 48.0. The third-order valence-corrected chi connectivity index (χ3v) is 21.7. The fourth-order valence-electron chi connectivity index (χ4n) is 16.7. The molecule has 3 aliphatic heterocycles. The molecule has 0 aromatic rings. The van der Waals surface area contributed by atoms with E-state index >= 15 is 4.79 Å². The van der Waals surface area contributed by atoms with Gasteiger partial charge in [0.05, 0.1) is 43.0 Å². The monoisotopic (exact) mass is 1110 g/mol. The number of nitrogens with one attached hydrogen (secondary N) is 1. The van der Waals surface area contributed by atoms with Crippen molar-refractivity contribution in [2.45, 2.75) is 276 Å². The summed E-state index contributed by atoms with van der Waals surface area (Å²) in [5, 5.41) is 104. The first kappa shape index (κ1) is 61.9. The van der Waals surface area contributed by atoms with Crippen LogP contribution in [0.5, 0.6) is 0 Å². The van der Waals surface area contributed by atoms with Crippen molar-refractivity contribution < 1.29 is 88.8 Å². The fraction of sp³-hybridized carbons (Fsp3) is 0.915. The van der Waals surface area contributed by atoms with Crippen LogP contribution in [0, 0.1) is 50.2 Å². The van der Waals surface area contributed by atoms with Crippen molar-refractivity contribution >= 4 is 18.2 Å².